The molecule has 1 atom stereocenters. The summed E-state index contributed by atoms with van der Waals surface area (Å²) in [6.45, 7) is 6.91. The zero-order valence-electron chi connectivity index (χ0n) is 10.9. The van der Waals surface area contributed by atoms with Gasteiger partial charge in [-0.3, -0.25) is 9.69 Å². The lowest BCUT2D eigenvalue weighted by molar-refractivity contribution is -0.135. The van der Waals surface area contributed by atoms with Gasteiger partial charge in [0.05, 0.1) is 12.5 Å². The van der Waals surface area contributed by atoms with Crippen LogP contribution in [0.1, 0.15) is 19.3 Å². The first kappa shape index (κ1) is 12.4. The molecule has 0 aromatic rings. The van der Waals surface area contributed by atoms with Crippen LogP contribution in [0.3, 0.4) is 0 Å². The summed E-state index contributed by atoms with van der Waals surface area (Å²) in [6, 6.07) is 0.709. The quantitative estimate of drug-likeness (QED) is 0.748. The summed E-state index contributed by atoms with van der Waals surface area (Å²) in [5, 5.41) is 3.30. The first-order valence-corrected chi connectivity index (χ1v) is 7.17. The van der Waals surface area contributed by atoms with E-state index in [2.05, 4.69) is 10.2 Å². The Hall–Kier alpha value is -0.650. The van der Waals surface area contributed by atoms with Crippen LogP contribution < -0.4 is 5.32 Å². The molecule has 1 N–H and O–H groups in total. The summed E-state index contributed by atoms with van der Waals surface area (Å²) >= 11 is 0. The number of carbonyl (C=O) groups is 1. The Bertz CT molecular complexity index is 293. The van der Waals surface area contributed by atoms with Gasteiger partial charge in [0.2, 0.25) is 5.91 Å². The van der Waals surface area contributed by atoms with Crippen LogP contribution in [0.25, 0.3) is 0 Å². The second kappa shape index (κ2) is 5.55. The Balaban J connectivity index is 1.42. The molecule has 0 radical (unpaired) electrons. The van der Waals surface area contributed by atoms with E-state index < -0.39 is 0 Å². The lowest BCUT2D eigenvalue weighted by atomic mass is 10.1. The van der Waals surface area contributed by atoms with E-state index in [1.807, 2.05) is 4.90 Å². The molecule has 3 aliphatic rings. The van der Waals surface area contributed by atoms with Gasteiger partial charge in [-0.1, -0.05) is 0 Å². The third kappa shape index (κ3) is 2.68. The second-order valence-corrected chi connectivity index (χ2v) is 5.57. The van der Waals surface area contributed by atoms with Crippen LogP contribution in [-0.2, 0) is 9.53 Å². The molecule has 5 heteroatoms. The molecular formula is C13H23N3O2. The van der Waals surface area contributed by atoms with Gasteiger partial charge in [-0.05, 0) is 12.8 Å². The van der Waals surface area contributed by atoms with Crippen molar-refractivity contribution in [3.63, 3.8) is 0 Å². The SMILES string of the molecule is O=C(CC1CCCO1)N1CCN(C2CNC2)CC1. The highest BCUT2D eigenvalue weighted by Gasteiger charge is 2.30. The molecular weight excluding hydrogens is 230 g/mol. The van der Waals surface area contributed by atoms with Crippen LogP contribution in [0.2, 0.25) is 0 Å². The van der Waals surface area contributed by atoms with Crippen LogP contribution in [-0.4, -0.2) is 73.7 Å². The molecule has 1 amide bonds. The topological polar surface area (TPSA) is 44.8 Å². The number of piperazine rings is 1. The maximum atomic E-state index is 12.1. The molecule has 3 heterocycles. The number of hydrogen-bond acceptors (Lipinski definition) is 4. The van der Waals surface area contributed by atoms with Crippen molar-refractivity contribution in [1.29, 1.82) is 0 Å². The van der Waals surface area contributed by atoms with E-state index in [9.17, 15) is 4.79 Å². The normalized spacial score (nSPS) is 30.4. The molecule has 0 saturated carbocycles. The molecule has 3 aliphatic heterocycles. The predicted molar refractivity (Wildman–Crippen MR) is 68.4 cm³/mol. The maximum Gasteiger partial charge on any atom is 0.225 e. The highest BCUT2D eigenvalue weighted by atomic mass is 16.5. The fourth-order valence-corrected chi connectivity index (χ4v) is 3.00. The highest BCUT2D eigenvalue weighted by molar-refractivity contribution is 5.76. The van der Waals surface area contributed by atoms with Crippen molar-refractivity contribution in [1.82, 2.24) is 15.1 Å². The van der Waals surface area contributed by atoms with Crippen LogP contribution in [0.15, 0.2) is 0 Å². The van der Waals surface area contributed by atoms with Gasteiger partial charge in [-0.25, -0.2) is 0 Å². The fourth-order valence-electron chi connectivity index (χ4n) is 3.00. The number of ether oxygens (including phenoxy) is 1. The molecule has 3 rings (SSSR count). The average Bonchev–Trinajstić information content (AvgIpc) is 2.80. The van der Waals surface area contributed by atoms with Crippen molar-refractivity contribution in [2.24, 2.45) is 0 Å². The molecule has 1 unspecified atom stereocenters. The van der Waals surface area contributed by atoms with Crippen LogP contribution >= 0.6 is 0 Å². The fraction of sp³-hybridized carbons (Fsp3) is 0.923. The maximum absolute atomic E-state index is 12.1. The van der Waals surface area contributed by atoms with E-state index in [0.717, 1.165) is 58.7 Å². The van der Waals surface area contributed by atoms with Crippen molar-refractivity contribution >= 4 is 5.91 Å². The lowest BCUT2D eigenvalue weighted by Crippen LogP contribution is -2.62. The molecule has 0 bridgehead atoms. The van der Waals surface area contributed by atoms with Gasteiger partial charge in [0.15, 0.2) is 0 Å². The van der Waals surface area contributed by atoms with E-state index in [1.165, 1.54) is 0 Å². The van der Waals surface area contributed by atoms with E-state index in [-0.39, 0.29) is 12.0 Å². The summed E-state index contributed by atoms with van der Waals surface area (Å²) in [4.78, 5) is 16.7. The number of rotatable bonds is 3. The average molecular weight is 253 g/mol. The van der Waals surface area contributed by atoms with Gasteiger partial charge in [-0.15, -0.1) is 0 Å². The summed E-state index contributed by atoms with van der Waals surface area (Å²) < 4.78 is 5.53. The molecule has 3 saturated heterocycles. The largest absolute Gasteiger partial charge is 0.378 e. The Morgan fingerprint density at radius 1 is 1.22 bits per heavy atom. The van der Waals surface area contributed by atoms with Gasteiger partial charge in [0, 0.05) is 51.9 Å². The van der Waals surface area contributed by atoms with Crippen LogP contribution in [0.4, 0.5) is 0 Å². The van der Waals surface area contributed by atoms with Crippen molar-refractivity contribution in [2.75, 3.05) is 45.9 Å². The monoisotopic (exact) mass is 253 g/mol. The van der Waals surface area contributed by atoms with Crippen molar-refractivity contribution < 1.29 is 9.53 Å². The van der Waals surface area contributed by atoms with Gasteiger partial charge in [-0.2, -0.15) is 0 Å². The third-order valence-corrected chi connectivity index (χ3v) is 4.37. The molecule has 5 nitrogen and oxygen atoms in total. The Morgan fingerprint density at radius 2 is 2.00 bits per heavy atom. The lowest BCUT2D eigenvalue weighted by Gasteiger charge is -2.43. The summed E-state index contributed by atoms with van der Waals surface area (Å²) in [5.41, 5.74) is 0. The van der Waals surface area contributed by atoms with Gasteiger partial charge < -0.3 is 15.0 Å². The molecule has 0 aromatic heterocycles. The molecule has 0 aliphatic carbocycles. The van der Waals surface area contributed by atoms with E-state index in [4.69, 9.17) is 4.74 Å². The molecule has 18 heavy (non-hydrogen) atoms. The predicted octanol–water partition coefficient (Wildman–Crippen LogP) is -0.328. The van der Waals surface area contributed by atoms with Gasteiger partial charge in [0.1, 0.15) is 0 Å². The summed E-state index contributed by atoms with van der Waals surface area (Å²) in [6.07, 6.45) is 2.94. The van der Waals surface area contributed by atoms with Crippen molar-refractivity contribution in [3.8, 4) is 0 Å². The summed E-state index contributed by atoms with van der Waals surface area (Å²) in [5.74, 6) is 0.285. The Morgan fingerprint density at radius 3 is 2.56 bits per heavy atom. The summed E-state index contributed by atoms with van der Waals surface area (Å²) in [7, 11) is 0. The van der Waals surface area contributed by atoms with Crippen LogP contribution in [0, 0.1) is 0 Å². The van der Waals surface area contributed by atoms with E-state index in [0.29, 0.717) is 12.5 Å². The number of carbonyl (C=O) groups excluding carboxylic acids is 1. The first-order chi connectivity index (χ1) is 8.83. The van der Waals surface area contributed by atoms with Gasteiger partial charge in [0.25, 0.3) is 0 Å². The first-order valence-electron chi connectivity index (χ1n) is 7.17. The van der Waals surface area contributed by atoms with E-state index in [1.54, 1.807) is 0 Å². The minimum atomic E-state index is 0.186. The number of nitrogens with zero attached hydrogens (tertiary/aromatic N) is 2. The van der Waals surface area contributed by atoms with Gasteiger partial charge >= 0.3 is 0 Å². The Kier molecular flexibility index (Phi) is 3.82. The molecule has 0 spiro atoms. The number of hydrogen-bond donors (Lipinski definition) is 1. The van der Waals surface area contributed by atoms with Crippen molar-refractivity contribution in [2.45, 2.75) is 31.4 Å². The zero-order valence-corrected chi connectivity index (χ0v) is 10.9. The number of nitrogens with one attached hydrogen (secondary N) is 1. The molecule has 0 aromatic carbocycles. The third-order valence-electron chi connectivity index (χ3n) is 4.37. The number of amides is 1. The Labute approximate surface area is 108 Å². The highest BCUT2D eigenvalue weighted by Crippen LogP contribution is 2.17. The minimum absolute atomic E-state index is 0.186. The van der Waals surface area contributed by atoms with Crippen molar-refractivity contribution in [3.05, 3.63) is 0 Å². The zero-order chi connectivity index (χ0) is 12.4. The standard InChI is InChI=1S/C13H23N3O2/c17-13(8-12-2-1-7-18-12)16-5-3-15(4-6-16)11-9-14-10-11/h11-12,14H,1-10H2. The minimum Gasteiger partial charge on any atom is -0.378 e. The molecule has 3 fully saturated rings. The second-order valence-electron chi connectivity index (χ2n) is 5.57. The smallest absolute Gasteiger partial charge is 0.225 e. The molecule has 102 valence electrons. The van der Waals surface area contributed by atoms with Crippen LogP contribution in [0.5, 0.6) is 0 Å². The van der Waals surface area contributed by atoms with E-state index >= 15 is 0 Å².